The molecule has 0 atom stereocenters. The van der Waals surface area contributed by atoms with Crippen molar-refractivity contribution in [2.24, 2.45) is 11.5 Å². The van der Waals surface area contributed by atoms with Gasteiger partial charge in [0, 0.05) is 71.0 Å². The van der Waals surface area contributed by atoms with E-state index in [0.29, 0.717) is 11.4 Å². The second kappa shape index (κ2) is 14.0. The van der Waals surface area contributed by atoms with Gasteiger partial charge in [-0.1, -0.05) is 188 Å². The van der Waals surface area contributed by atoms with E-state index in [1.807, 2.05) is 42.5 Å². The number of para-hydroxylation sites is 4. The third-order valence-electron chi connectivity index (χ3n) is 13.5. The number of nitrogens with zero attached hydrogens (tertiary/aromatic N) is 2. The summed E-state index contributed by atoms with van der Waals surface area (Å²) < 4.78 is 4.93. The van der Waals surface area contributed by atoms with Crippen LogP contribution >= 0.6 is 0 Å². The molecule has 0 spiro atoms. The van der Waals surface area contributed by atoms with Crippen LogP contribution in [0.1, 0.15) is 11.1 Å². The van der Waals surface area contributed by atoms with E-state index in [9.17, 15) is 0 Å². The molecule has 0 aliphatic heterocycles. The van der Waals surface area contributed by atoms with Gasteiger partial charge in [-0.25, -0.2) is 0 Å². The molecule has 0 fully saturated rings. The van der Waals surface area contributed by atoms with Crippen LogP contribution in [0.15, 0.2) is 218 Å². The summed E-state index contributed by atoms with van der Waals surface area (Å²) in [6.45, 7) is 0. The number of aromatic nitrogens is 2. The standard InChI is InChI=1S/C60H40N4/c61-57(37-15-3-1-4-16-37)48-22-9-10-23-49(48)58(62)50-34-33-41(43-19-7-8-20-44(43)50)38-29-32-47-51-25-14-27-53-52-26-13-24-42(59(52)64(60(51)53)56(47)35-38)39-30-31-46-45-21-11-12-28-54(45)63(55(46)36-39)40-17-5-2-6-18-40/h1-36H,61-62H2/b57-48-,58-49-. The van der Waals surface area contributed by atoms with Gasteiger partial charge in [-0.3, -0.25) is 0 Å². The first-order valence-corrected chi connectivity index (χ1v) is 21.8. The maximum absolute atomic E-state index is 7.19. The van der Waals surface area contributed by atoms with E-state index in [1.165, 1.54) is 71.0 Å². The van der Waals surface area contributed by atoms with Crippen molar-refractivity contribution >= 4 is 82.1 Å². The lowest BCUT2D eigenvalue weighted by atomic mass is 9.92. The van der Waals surface area contributed by atoms with Crippen molar-refractivity contribution in [2.45, 2.75) is 0 Å². The average Bonchev–Trinajstić information content (AvgIpc) is 4.01. The molecule has 0 unspecified atom stereocenters. The van der Waals surface area contributed by atoms with Gasteiger partial charge < -0.3 is 20.4 Å². The molecule has 0 amide bonds. The average molecular weight is 817 g/mol. The first kappa shape index (κ1) is 36.1. The van der Waals surface area contributed by atoms with Crippen molar-refractivity contribution in [2.75, 3.05) is 0 Å². The highest BCUT2D eigenvalue weighted by molar-refractivity contribution is 6.25. The summed E-state index contributed by atoms with van der Waals surface area (Å²) in [6.07, 6.45) is 0. The molecule has 10 aromatic carbocycles. The maximum Gasteiger partial charge on any atom is 0.0620 e. The fourth-order valence-electron chi connectivity index (χ4n) is 10.6. The van der Waals surface area contributed by atoms with E-state index in [2.05, 4.69) is 185 Å². The Morgan fingerprint density at radius 2 is 0.859 bits per heavy atom. The monoisotopic (exact) mass is 816 g/mol. The number of rotatable bonds is 5. The molecule has 0 aliphatic rings. The zero-order valence-electron chi connectivity index (χ0n) is 34.8. The first-order chi connectivity index (χ1) is 31.6. The molecule has 4 N–H and O–H groups in total. The Labute approximate surface area is 368 Å². The van der Waals surface area contributed by atoms with Crippen LogP contribution in [0.2, 0.25) is 0 Å². The van der Waals surface area contributed by atoms with E-state index in [1.54, 1.807) is 0 Å². The van der Waals surface area contributed by atoms with E-state index < -0.39 is 0 Å². The second-order valence-corrected chi connectivity index (χ2v) is 16.8. The predicted molar refractivity (Wildman–Crippen MR) is 269 cm³/mol. The Morgan fingerprint density at radius 3 is 1.62 bits per heavy atom. The van der Waals surface area contributed by atoms with E-state index in [4.69, 9.17) is 11.5 Å². The molecule has 4 heteroatoms. The van der Waals surface area contributed by atoms with Crippen LogP contribution in [0.4, 0.5) is 0 Å². The van der Waals surface area contributed by atoms with Crippen LogP contribution in [0.25, 0.3) is 110 Å². The number of hydrogen-bond donors (Lipinski definition) is 2. The highest BCUT2D eigenvalue weighted by Crippen LogP contribution is 2.45. The topological polar surface area (TPSA) is 61.4 Å². The van der Waals surface area contributed by atoms with E-state index in [-0.39, 0.29) is 0 Å². The number of nitrogens with two attached hydrogens (primary N) is 2. The smallest absolute Gasteiger partial charge is 0.0620 e. The Bertz CT molecular complexity index is 4140. The fourth-order valence-corrected chi connectivity index (χ4v) is 10.6. The van der Waals surface area contributed by atoms with Crippen molar-refractivity contribution in [3.05, 3.63) is 240 Å². The van der Waals surface area contributed by atoms with Crippen molar-refractivity contribution in [1.82, 2.24) is 8.97 Å². The molecule has 0 bridgehead atoms. The van der Waals surface area contributed by atoms with Gasteiger partial charge in [-0.2, -0.15) is 0 Å². The lowest BCUT2D eigenvalue weighted by Gasteiger charge is -2.13. The Kier molecular flexibility index (Phi) is 7.87. The molecule has 3 aromatic heterocycles. The van der Waals surface area contributed by atoms with Crippen LogP contribution in [0.5, 0.6) is 0 Å². The van der Waals surface area contributed by atoms with Crippen molar-refractivity contribution in [3.63, 3.8) is 0 Å². The molecule has 0 radical (unpaired) electrons. The van der Waals surface area contributed by atoms with Gasteiger partial charge in [-0.05, 0) is 63.4 Å². The zero-order chi connectivity index (χ0) is 42.5. The molecule has 13 aromatic rings. The lowest BCUT2D eigenvalue weighted by molar-refractivity contribution is 1.18. The van der Waals surface area contributed by atoms with Crippen molar-refractivity contribution < 1.29 is 0 Å². The van der Waals surface area contributed by atoms with E-state index in [0.717, 1.165) is 49.2 Å². The lowest BCUT2D eigenvalue weighted by Crippen LogP contribution is -2.34. The minimum absolute atomic E-state index is 0.692. The van der Waals surface area contributed by atoms with E-state index >= 15 is 0 Å². The van der Waals surface area contributed by atoms with Crippen LogP contribution in [0.3, 0.4) is 0 Å². The van der Waals surface area contributed by atoms with Crippen LogP contribution in [0, 0.1) is 0 Å². The quantitative estimate of drug-likeness (QED) is 0.182. The largest absolute Gasteiger partial charge is 0.398 e. The molecular weight excluding hydrogens is 777 g/mol. The van der Waals surface area contributed by atoms with Crippen molar-refractivity contribution in [1.29, 1.82) is 0 Å². The Hall–Kier alpha value is -8.60. The summed E-state index contributed by atoms with van der Waals surface area (Å²) in [5, 5.41) is 11.6. The summed E-state index contributed by atoms with van der Waals surface area (Å²) in [5.74, 6) is 0. The van der Waals surface area contributed by atoms with Crippen molar-refractivity contribution in [3.8, 4) is 27.9 Å². The van der Waals surface area contributed by atoms with Gasteiger partial charge in [0.2, 0.25) is 0 Å². The predicted octanol–water partition coefficient (Wildman–Crippen LogP) is 12.7. The number of hydrogen-bond acceptors (Lipinski definition) is 2. The van der Waals surface area contributed by atoms with Gasteiger partial charge in [-0.15, -0.1) is 0 Å². The molecular formula is C60H40N4. The van der Waals surface area contributed by atoms with Gasteiger partial charge in [0.1, 0.15) is 0 Å². The van der Waals surface area contributed by atoms with Gasteiger partial charge in [0.05, 0.1) is 27.6 Å². The van der Waals surface area contributed by atoms with Crippen LogP contribution in [-0.4, -0.2) is 8.97 Å². The summed E-state index contributed by atoms with van der Waals surface area (Å²) in [4.78, 5) is 0. The zero-order valence-corrected chi connectivity index (χ0v) is 34.8. The minimum Gasteiger partial charge on any atom is -0.398 e. The summed E-state index contributed by atoms with van der Waals surface area (Å²) >= 11 is 0. The van der Waals surface area contributed by atoms with Gasteiger partial charge in [0.15, 0.2) is 0 Å². The summed E-state index contributed by atoms with van der Waals surface area (Å²) in [7, 11) is 0. The molecule has 13 rings (SSSR count). The molecule has 3 heterocycles. The molecule has 64 heavy (non-hydrogen) atoms. The first-order valence-electron chi connectivity index (χ1n) is 21.8. The summed E-state index contributed by atoms with van der Waals surface area (Å²) in [6, 6.07) is 78.3. The molecule has 4 nitrogen and oxygen atoms in total. The second-order valence-electron chi connectivity index (χ2n) is 16.8. The third-order valence-corrected chi connectivity index (χ3v) is 13.5. The SMILES string of the molecule is N/C(c1ccccc1)=c1/cccc/c1=C(/N)c1ccc(-c2ccc3c4cccc5c6cccc(-c7ccc8c9ccccc9n(-c9ccccc9)c8c7)c6n(c3c2)c45)c2ccccc12. The molecule has 0 saturated carbocycles. The minimum atomic E-state index is 0.692. The molecule has 300 valence electrons. The third kappa shape index (κ3) is 5.23. The van der Waals surface area contributed by atoms with Gasteiger partial charge in [0.25, 0.3) is 0 Å². The molecule has 0 saturated heterocycles. The fraction of sp³-hybridized carbons (Fsp3) is 0. The highest BCUT2D eigenvalue weighted by Gasteiger charge is 2.22. The highest BCUT2D eigenvalue weighted by atomic mass is 15.0. The normalized spacial score (nSPS) is 13.0. The number of benzene rings is 10. The molecule has 0 aliphatic carbocycles. The van der Waals surface area contributed by atoms with Gasteiger partial charge >= 0.3 is 0 Å². The Balaban J connectivity index is 1.03. The Morgan fingerprint density at radius 1 is 0.328 bits per heavy atom. The maximum atomic E-state index is 7.19. The number of fused-ring (bicyclic) bond motifs is 10. The summed E-state index contributed by atoms with van der Waals surface area (Å²) in [5.41, 5.74) is 29.2. The van der Waals surface area contributed by atoms with Crippen LogP contribution in [-0.2, 0) is 0 Å². The van der Waals surface area contributed by atoms with Crippen LogP contribution < -0.4 is 21.9 Å².